The molecule has 184 valence electrons. The van der Waals surface area contributed by atoms with Gasteiger partial charge in [0.25, 0.3) is 0 Å². The summed E-state index contributed by atoms with van der Waals surface area (Å²) < 4.78 is 5.57. The predicted octanol–water partition coefficient (Wildman–Crippen LogP) is 4.30. The zero-order chi connectivity index (χ0) is 25.4. The molecule has 1 aliphatic rings. The Morgan fingerprint density at radius 3 is 2.26 bits per heavy atom. The van der Waals surface area contributed by atoms with Gasteiger partial charge in [0.1, 0.15) is 19.2 Å². The van der Waals surface area contributed by atoms with Crippen LogP contribution in [-0.2, 0) is 14.3 Å². The fourth-order valence-corrected chi connectivity index (χ4v) is 4.44. The van der Waals surface area contributed by atoms with Gasteiger partial charge in [-0.3, -0.25) is 9.59 Å². The maximum absolute atomic E-state index is 13.2. The van der Waals surface area contributed by atoms with E-state index in [9.17, 15) is 19.5 Å². The molecule has 3 rings (SSSR count). The summed E-state index contributed by atoms with van der Waals surface area (Å²) in [5.41, 5.74) is 4.37. The summed E-state index contributed by atoms with van der Waals surface area (Å²) in [4.78, 5) is 38.6. The van der Waals surface area contributed by atoms with Crippen molar-refractivity contribution in [2.75, 3.05) is 13.2 Å². The lowest BCUT2D eigenvalue weighted by atomic mass is 9.98. The predicted molar refractivity (Wildman–Crippen MR) is 131 cm³/mol. The van der Waals surface area contributed by atoms with E-state index < -0.39 is 30.6 Å². The van der Waals surface area contributed by atoms with Gasteiger partial charge in [0.05, 0.1) is 6.07 Å². The number of ether oxygens (including phenoxy) is 1. The highest BCUT2D eigenvalue weighted by molar-refractivity contribution is 5.88. The fourth-order valence-electron chi connectivity index (χ4n) is 4.44. The van der Waals surface area contributed by atoms with Gasteiger partial charge in [0.15, 0.2) is 0 Å². The molecule has 0 aromatic heterocycles. The van der Waals surface area contributed by atoms with Gasteiger partial charge in [-0.05, 0) is 48.4 Å². The molecule has 0 saturated carbocycles. The topological polar surface area (TPSA) is 120 Å². The number of nitrogens with one attached hydrogen (secondary N) is 1. The van der Waals surface area contributed by atoms with Crippen LogP contribution in [0.15, 0.2) is 48.5 Å². The smallest absolute Gasteiger partial charge is 0.407 e. The molecule has 2 aromatic rings. The summed E-state index contributed by atoms with van der Waals surface area (Å²) in [6, 6.07) is 16.7. The van der Waals surface area contributed by atoms with Crippen LogP contribution < -0.4 is 5.32 Å². The van der Waals surface area contributed by atoms with E-state index >= 15 is 0 Å². The molecule has 0 heterocycles. The first-order valence-electron chi connectivity index (χ1n) is 11.9. The molecule has 8 heteroatoms. The highest BCUT2D eigenvalue weighted by Crippen LogP contribution is 2.44. The van der Waals surface area contributed by atoms with Crippen molar-refractivity contribution < 1.29 is 24.2 Å². The summed E-state index contributed by atoms with van der Waals surface area (Å²) in [5, 5.41) is 20.8. The Hall–Kier alpha value is -3.86. The van der Waals surface area contributed by atoms with Crippen LogP contribution in [0.5, 0.6) is 0 Å². The molecule has 2 aromatic carbocycles. The molecular formula is C27H31N3O5. The minimum atomic E-state index is -1.13. The molecule has 35 heavy (non-hydrogen) atoms. The molecule has 0 fully saturated rings. The summed E-state index contributed by atoms with van der Waals surface area (Å²) in [7, 11) is 0. The highest BCUT2D eigenvalue weighted by Gasteiger charge is 2.32. The Morgan fingerprint density at radius 1 is 1.11 bits per heavy atom. The normalized spacial score (nSPS) is 13.6. The monoisotopic (exact) mass is 477 g/mol. The first-order valence-corrected chi connectivity index (χ1v) is 11.9. The third-order valence-electron chi connectivity index (χ3n) is 6.43. The van der Waals surface area contributed by atoms with E-state index in [2.05, 4.69) is 5.32 Å². The van der Waals surface area contributed by atoms with Crippen molar-refractivity contribution in [3.63, 3.8) is 0 Å². The first-order chi connectivity index (χ1) is 16.9. The van der Waals surface area contributed by atoms with Gasteiger partial charge < -0.3 is 20.1 Å². The average molecular weight is 478 g/mol. The van der Waals surface area contributed by atoms with Gasteiger partial charge in [-0.2, -0.15) is 5.26 Å². The number of rotatable bonds is 11. The van der Waals surface area contributed by atoms with Gasteiger partial charge in [-0.1, -0.05) is 55.5 Å². The van der Waals surface area contributed by atoms with Crippen LogP contribution in [0, 0.1) is 11.3 Å². The van der Waals surface area contributed by atoms with Gasteiger partial charge >= 0.3 is 12.1 Å². The second kappa shape index (κ2) is 12.0. The second-order valence-electron chi connectivity index (χ2n) is 8.69. The van der Waals surface area contributed by atoms with Gasteiger partial charge in [-0.15, -0.1) is 0 Å². The lowest BCUT2D eigenvalue weighted by molar-refractivity contribution is -0.147. The number of carbonyl (C=O) groups excluding carboxylic acids is 2. The van der Waals surface area contributed by atoms with E-state index in [1.165, 1.54) is 4.90 Å². The number of nitrogens with zero attached hydrogens (tertiary/aromatic N) is 2. The van der Waals surface area contributed by atoms with Crippen LogP contribution in [0.1, 0.15) is 56.6 Å². The summed E-state index contributed by atoms with van der Waals surface area (Å²) in [5.74, 6) is -1.74. The number of fused-ring (bicyclic) bond motifs is 3. The Labute approximate surface area is 205 Å². The summed E-state index contributed by atoms with van der Waals surface area (Å²) >= 11 is 0. The molecule has 0 radical (unpaired) electrons. The van der Waals surface area contributed by atoms with Crippen molar-refractivity contribution in [3.8, 4) is 17.2 Å². The Balaban J connectivity index is 1.72. The van der Waals surface area contributed by atoms with E-state index in [1.807, 2.05) is 61.5 Å². The number of amides is 2. The number of unbranched alkanes of at least 4 members (excludes halogenated alkanes) is 1. The van der Waals surface area contributed by atoms with Crippen molar-refractivity contribution >= 4 is 18.0 Å². The van der Waals surface area contributed by atoms with E-state index in [0.717, 1.165) is 22.3 Å². The van der Waals surface area contributed by atoms with Crippen LogP contribution in [0.4, 0.5) is 4.79 Å². The number of aliphatic carboxylic acids is 1. The van der Waals surface area contributed by atoms with Crippen LogP contribution in [0.3, 0.4) is 0 Å². The fraction of sp³-hybridized carbons (Fsp3) is 0.407. The largest absolute Gasteiger partial charge is 0.480 e. The molecule has 2 unspecified atom stereocenters. The SMILES string of the molecule is CCC(C)N(CC(=O)O)C(=O)C(CCCC#N)NC(=O)OCC1c2ccccc2-c2ccccc21. The van der Waals surface area contributed by atoms with Crippen LogP contribution in [0.25, 0.3) is 11.1 Å². The number of benzene rings is 2. The number of alkyl carbamates (subject to hydrolysis) is 1. The standard InChI is InChI=1S/C27H31N3O5/c1-3-18(2)30(16-25(31)32)26(33)24(14-8-9-15-28)29-27(34)35-17-23-21-12-6-4-10-19(21)20-11-5-7-13-22(20)23/h4-7,10-13,18,23-24H,3,8-9,14,16-17H2,1-2H3,(H,29,34)(H,31,32). The van der Waals surface area contributed by atoms with Gasteiger partial charge in [0, 0.05) is 18.4 Å². The number of carboxylic acid groups (broad SMARTS) is 1. The summed E-state index contributed by atoms with van der Waals surface area (Å²) in [6.45, 7) is 3.26. The maximum Gasteiger partial charge on any atom is 0.407 e. The third-order valence-corrected chi connectivity index (χ3v) is 6.43. The molecule has 2 atom stereocenters. The number of hydrogen-bond acceptors (Lipinski definition) is 5. The Kier molecular flexibility index (Phi) is 8.85. The van der Waals surface area contributed by atoms with Crippen molar-refractivity contribution in [2.24, 2.45) is 0 Å². The first kappa shape index (κ1) is 25.8. The molecule has 0 bridgehead atoms. The Morgan fingerprint density at radius 2 is 1.71 bits per heavy atom. The molecule has 1 aliphatic carbocycles. The third kappa shape index (κ3) is 6.18. The van der Waals surface area contributed by atoms with Crippen LogP contribution in [0.2, 0.25) is 0 Å². The second-order valence-corrected chi connectivity index (χ2v) is 8.69. The zero-order valence-corrected chi connectivity index (χ0v) is 20.1. The Bertz CT molecular complexity index is 1060. The molecule has 0 spiro atoms. The van der Waals surface area contributed by atoms with Crippen molar-refractivity contribution in [1.29, 1.82) is 5.26 Å². The van der Waals surface area contributed by atoms with Crippen molar-refractivity contribution in [2.45, 2.75) is 57.5 Å². The van der Waals surface area contributed by atoms with E-state index in [-0.39, 0.29) is 31.4 Å². The summed E-state index contributed by atoms with van der Waals surface area (Å²) in [6.07, 6.45) is 0.635. The molecule has 8 nitrogen and oxygen atoms in total. The number of hydrogen-bond donors (Lipinski definition) is 2. The van der Waals surface area contributed by atoms with Gasteiger partial charge in [-0.25, -0.2) is 4.79 Å². The molecule has 0 aliphatic heterocycles. The van der Waals surface area contributed by atoms with Crippen molar-refractivity contribution in [3.05, 3.63) is 59.7 Å². The van der Waals surface area contributed by atoms with Crippen LogP contribution in [-0.4, -0.2) is 53.2 Å². The number of carboxylic acids is 1. The molecular weight excluding hydrogens is 446 g/mol. The molecule has 2 N–H and O–H groups in total. The van der Waals surface area contributed by atoms with Crippen molar-refractivity contribution in [1.82, 2.24) is 10.2 Å². The molecule has 2 amide bonds. The quantitative estimate of drug-likeness (QED) is 0.466. The lowest BCUT2D eigenvalue weighted by Crippen LogP contribution is -2.52. The van der Waals surface area contributed by atoms with Gasteiger partial charge in [0.2, 0.25) is 5.91 Å². The van der Waals surface area contributed by atoms with E-state index in [0.29, 0.717) is 12.8 Å². The highest BCUT2D eigenvalue weighted by atomic mass is 16.5. The molecule has 0 saturated heterocycles. The average Bonchev–Trinajstić information content (AvgIpc) is 3.18. The minimum absolute atomic E-state index is 0.100. The zero-order valence-electron chi connectivity index (χ0n) is 20.1. The van der Waals surface area contributed by atoms with E-state index in [1.54, 1.807) is 6.92 Å². The van der Waals surface area contributed by atoms with Crippen LogP contribution >= 0.6 is 0 Å². The number of nitriles is 1. The van der Waals surface area contributed by atoms with E-state index in [4.69, 9.17) is 10.00 Å². The minimum Gasteiger partial charge on any atom is -0.480 e. The lowest BCUT2D eigenvalue weighted by Gasteiger charge is -2.31. The maximum atomic E-state index is 13.2. The number of carbonyl (C=O) groups is 3.